The smallest absolute Gasteiger partial charge is 0.239 e. The Morgan fingerprint density at radius 3 is 2.67 bits per heavy atom. The van der Waals surface area contributed by atoms with E-state index in [1.54, 1.807) is 22.8 Å². The second-order valence-electron chi connectivity index (χ2n) is 8.26. The minimum absolute atomic E-state index is 0.155. The molecule has 2 aromatic carbocycles. The zero-order chi connectivity index (χ0) is 22.9. The third-order valence-electron chi connectivity index (χ3n) is 5.88. The third-order valence-corrected chi connectivity index (χ3v) is 5.88. The van der Waals surface area contributed by atoms with Gasteiger partial charge in [0.05, 0.1) is 37.9 Å². The Bertz CT molecular complexity index is 1320. The largest absolute Gasteiger partial charge is 0.494 e. The molecule has 3 heterocycles. The van der Waals surface area contributed by atoms with Gasteiger partial charge in [-0.1, -0.05) is 12.1 Å². The first-order valence-corrected chi connectivity index (χ1v) is 10.8. The van der Waals surface area contributed by atoms with Crippen molar-refractivity contribution in [3.05, 3.63) is 65.6 Å². The van der Waals surface area contributed by atoms with E-state index in [-0.39, 0.29) is 5.75 Å². The molecule has 1 fully saturated rings. The predicted octanol–water partition coefficient (Wildman–Crippen LogP) is 5.01. The van der Waals surface area contributed by atoms with Crippen molar-refractivity contribution in [3.8, 4) is 28.6 Å². The third kappa shape index (κ3) is 4.21. The fourth-order valence-electron chi connectivity index (χ4n) is 3.71. The van der Waals surface area contributed by atoms with Crippen LogP contribution in [0.15, 0.2) is 48.7 Å². The lowest BCUT2D eigenvalue weighted by Crippen LogP contribution is -2.33. The Morgan fingerprint density at radius 2 is 1.97 bits per heavy atom. The van der Waals surface area contributed by atoms with Crippen LogP contribution in [0.25, 0.3) is 16.9 Å². The first-order valence-electron chi connectivity index (χ1n) is 10.8. The van der Waals surface area contributed by atoms with Crippen LogP contribution in [0.5, 0.6) is 17.4 Å². The summed E-state index contributed by atoms with van der Waals surface area (Å²) in [5, 5.41) is 8.12. The van der Waals surface area contributed by atoms with Gasteiger partial charge < -0.3 is 19.5 Å². The minimum atomic E-state index is -0.502. The first kappa shape index (κ1) is 21.2. The summed E-state index contributed by atoms with van der Waals surface area (Å²) in [5.41, 5.74) is 5.73. The van der Waals surface area contributed by atoms with Gasteiger partial charge in [0.1, 0.15) is 5.75 Å². The Kier molecular flexibility index (Phi) is 5.60. The summed E-state index contributed by atoms with van der Waals surface area (Å²) < 4.78 is 32.2. The Labute approximate surface area is 191 Å². The molecule has 1 N–H and O–H groups in total. The van der Waals surface area contributed by atoms with Gasteiger partial charge in [-0.2, -0.15) is 0 Å². The van der Waals surface area contributed by atoms with Crippen LogP contribution in [-0.4, -0.2) is 41.5 Å². The summed E-state index contributed by atoms with van der Waals surface area (Å²) in [6, 6.07) is 12.5. The summed E-state index contributed by atoms with van der Waals surface area (Å²) in [4.78, 5) is 4.63. The molecule has 33 heavy (non-hydrogen) atoms. The molecule has 0 spiro atoms. The van der Waals surface area contributed by atoms with Crippen LogP contribution >= 0.6 is 0 Å². The van der Waals surface area contributed by atoms with Gasteiger partial charge in [0.25, 0.3) is 0 Å². The standard InChI is InChI=1S/C25H25FN4O3/c1-15-4-5-18(8-16(15)2)22-12-28-25-21(27-11-17-13-32-14-17)10-24(29-30(22)25)33-19-6-7-23(31-3)20(26)9-19/h4-10,12,17,27H,11,13-14H2,1-3H3. The van der Waals surface area contributed by atoms with Crippen LogP contribution < -0.4 is 14.8 Å². The van der Waals surface area contributed by atoms with Crippen molar-refractivity contribution < 1.29 is 18.6 Å². The van der Waals surface area contributed by atoms with E-state index in [1.807, 2.05) is 0 Å². The Morgan fingerprint density at radius 1 is 1.12 bits per heavy atom. The normalized spacial score (nSPS) is 13.7. The second kappa shape index (κ2) is 8.71. The van der Waals surface area contributed by atoms with Gasteiger partial charge in [-0.3, -0.25) is 0 Å². The van der Waals surface area contributed by atoms with E-state index < -0.39 is 5.82 Å². The maximum absolute atomic E-state index is 14.2. The van der Waals surface area contributed by atoms with Crippen molar-refractivity contribution in [2.24, 2.45) is 5.92 Å². The number of ether oxygens (including phenoxy) is 3. The van der Waals surface area contributed by atoms with Crippen molar-refractivity contribution in [1.82, 2.24) is 14.6 Å². The maximum atomic E-state index is 14.2. The van der Waals surface area contributed by atoms with Gasteiger partial charge >= 0.3 is 0 Å². The number of benzene rings is 2. The van der Waals surface area contributed by atoms with Gasteiger partial charge in [-0.25, -0.2) is 13.9 Å². The molecule has 2 aromatic heterocycles. The van der Waals surface area contributed by atoms with Crippen LogP contribution in [0.2, 0.25) is 0 Å². The van der Waals surface area contributed by atoms with E-state index in [2.05, 4.69) is 47.4 Å². The molecule has 5 rings (SSSR count). The molecule has 1 aliphatic rings. The first-order chi connectivity index (χ1) is 16.0. The topological polar surface area (TPSA) is 69.9 Å². The zero-order valence-electron chi connectivity index (χ0n) is 18.8. The molecule has 0 saturated carbocycles. The maximum Gasteiger partial charge on any atom is 0.239 e. The highest BCUT2D eigenvalue weighted by molar-refractivity contribution is 5.74. The number of rotatable bonds is 7. The zero-order valence-corrected chi connectivity index (χ0v) is 18.8. The number of aryl methyl sites for hydroxylation is 2. The van der Waals surface area contributed by atoms with Crippen molar-refractivity contribution in [3.63, 3.8) is 0 Å². The number of nitrogens with one attached hydrogen (secondary N) is 1. The quantitative estimate of drug-likeness (QED) is 0.429. The van der Waals surface area contributed by atoms with E-state index >= 15 is 0 Å². The fraction of sp³-hybridized carbons (Fsp3) is 0.280. The van der Waals surface area contributed by atoms with E-state index in [0.717, 1.165) is 36.7 Å². The number of hydrogen-bond acceptors (Lipinski definition) is 6. The SMILES string of the molecule is COc1ccc(Oc2cc(NCC3COC3)c3ncc(-c4ccc(C)c(C)c4)n3n2)cc1F. The van der Waals surface area contributed by atoms with Crippen LogP contribution in [0.4, 0.5) is 10.1 Å². The molecule has 0 unspecified atom stereocenters. The molecule has 0 atom stereocenters. The number of halogens is 1. The Hall–Kier alpha value is -3.65. The van der Waals surface area contributed by atoms with E-state index in [9.17, 15) is 4.39 Å². The molecule has 0 aliphatic carbocycles. The lowest BCUT2D eigenvalue weighted by molar-refractivity contribution is -0.0248. The van der Waals surface area contributed by atoms with Crippen molar-refractivity contribution in [2.45, 2.75) is 13.8 Å². The molecular weight excluding hydrogens is 423 g/mol. The molecule has 1 aliphatic heterocycles. The highest BCUT2D eigenvalue weighted by Gasteiger charge is 2.20. The molecule has 170 valence electrons. The summed E-state index contributed by atoms with van der Waals surface area (Å²) >= 11 is 0. The van der Waals surface area contributed by atoms with Gasteiger partial charge in [0.2, 0.25) is 5.88 Å². The number of aromatic nitrogens is 3. The molecule has 0 amide bonds. The van der Waals surface area contributed by atoms with Gasteiger partial charge in [-0.05, 0) is 43.2 Å². The lowest BCUT2D eigenvalue weighted by atomic mass is 10.0. The summed E-state index contributed by atoms with van der Waals surface area (Å²) in [5.74, 6) is 0.752. The minimum Gasteiger partial charge on any atom is -0.494 e. The van der Waals surface area contributed by atoms with E-state index in [0.29, 0.717) is 23.2 Å². The van der Waals surface area contributed by atoms with Crippen LogP contribution in [-0.2, 0) is 4.74 Å². The summed E-state index contributed by atoms with van der Waals surface area (Å²) in [7, 11) is 1.42. The van der Waals surface area contributed by atoms with E-state index in [4.69, 9.17) is 14.2 Å². The molecule has 0 bridgehead atoms. The average molecular weight is 448 g/mol. The molecule has 1 saturated heterocycles. The molecule has 7 nitrogen and oxygen atoms in total. The van der Waals surface area contributed by atoms with E-state index in [1.165, 1.54) is 30.4 Å². The fourth-order valence-corrected chi connectivity index (χ4v) is 3.71. The van der Waals surface area contributed by atoms with Crippen LogP contribution in [0, 0.1) is 25.6 Å². The number of hydrogen-bond donors (Lipinski definition) is 1. The lowest BCUT2D eigenvalue weighted by Gasteiger charge is -2.26. The highest BCUT2D eigenvalue weighted by atomic mass is 19.1. The highest BCUT2D eigenvalue weighted by Crippen LogP contribution is 2.31. The number of anilines is 1. The second-order valence-corrected chi connectivity index (χ2v) is 8.26. The molecule has 8 heteroatoms. The van der Waals surface area contributed by atoms with Crippen LogP contribution in [0.3, 0.4) is 0 Å². The number of fused-ring (bicyclic) bond motifs is 1. The van der Waals surface area contributed by atoms with Gasteiger partial charge in [-0.15, -0.1) is 5.10 Å². The molecule has 4 aromatic rings. The number of nitrogens with zero attached hydrogens (tertiary/aromatic N) is 3. The van der Waals surface area contributed by atoms with Crippen molar-refractivity contribution in [2.75, 3.05) is 32.2 Å². The average Bonchev–Trinajstić information content (AvgIpc) is 3.19. The Balaban J connectivity index is 1.55. The van der Waals surface area contributed by atoms with Crippen molar-refractivity contribution in [1.29, 1.82) is 0 Å². The monoisotopic (exact) mass is 448 g/mol. The summed E-state index contributed by atoms with van der Waals surface area (Å²) in [6.07, 6.45) is 1.81. The van der Waals surface area contributed by atoms with Crippen molar-refractivity contribution >= 4 is 11.3 Å². The number of imidazole rings is 1. The van der Waals surface area contributed by atoms with Crippen LogP contribution in [0.1, 0.15) is 11.1 Å². The summed E-state index contributed by atoms with van der Waals surface area (Å²) in [6.45, 7) is 6.40. The van der Waals surface area contributed by atoms with Gasteiger partial charge in [0.15, 0.2) is 17.2 Å². The van der Waals surface area contributed by atoms with Gasteiger partial charge in [0, 0.05) is 30.2 Å². The molecular formula is C25H25FN4O3. The number of methoxy groups -OCH3 is 1. The molecule has 0 radical (unpaired) electrons. The predicted molar refractivity (Wildman–Crippen MR) is 124 cm³/mol.